The van der Waals surface area contributed by atoms with Crippen LogP contribution in [0.4, 0.5) is 11.5 Å². The summed E-state index contributed by atoms with van der Waals surface area (Å²) in [5, 5.41) is 0. The van der Waals surface area contributed by atoms with E-state index in [-0.39, 0.29) is 10.7 Å². The SMILES string of the molecule is Cc1cncc(NS(=O)(=O)c2cccnc2N)c1. The molecule has 0 radical (unpaired) electrons. The largest absolute Gasteiger partial charge is 0.383 e. The molecule has 2 heterocycles. The maximum absolute atomic E-state index is 12.1. The van der Waals surface area contributed by atoms with Crippen molar-refractivity contribution in [3.8, 4) is 0 Å². The number of aromatic nitrogens is 2. The zero-order valence-corrected chi connectivity index (χ0v) is 10.5. The Balaban J connectivity index is 2.37. The van der Waals surface area contributed by atoms with Crippen LogP contribution >= 0.6 is 0 Å². The highest BCUT2D eigenvalue weighted by molar-refractivity contribution is 7.92. The van der Waals surface area contributed by atoms with Gasteiger partial charge in [0.25, 0.3) is 10.0 Å². The molecule has 0 amide bonds. The van der Waals surface area contributed by atoms with Gasteiger partial charge in [-0.2, -0.15) is 0 Å². The molecular weight excluding hydrogens is 252 g/mol. The standard InChI is InChI=1S/C11H12N4O2S/c1-8-5-9(7-13-6-8)15-18(16,17)10-3-2-4-14-11(10)12/h2-7,15H,1H3,(H2,12,14). The second-order valence-corrected chi connectivity index (χ2v) is 5.39. The Bertz CT molecular complexity index is 670. The van der Waals surface area contributed by atoms with Crippen molar-refractivity contribution in [1.29, 1.82) is 0 Å². The van der Waals surface area contributed by atoms with E-state index in [9.17, 15) is 8.42 Å². The minimum Gasteiger partial charge on any atom is -0.383 e. The molecule has 2 rings (SSSR count). The molecule has 2 aromatic rings. The zero-order chi connectivity index (χ0) is 13.2. The first-order valence-electron chi connectivity index (χ1n) is 5.14. The number of nitrogens with two attached hydrogens (primary N) is 1. The first-order valence-corrected chi connectivity index (χ1v) is 6.62. The highest BCUT2D eigenvalue weighted by Gasteiger charge is 2.17. The fourth-order valence-electron chi connectivity index (χ4n) is 1.45. The van der Waals surface area contributed by atoms with Crippen LogP contribution in [0.3, 0.4) is 0 Å². The molecule has 3 N–H and O–H groups in total. The normalized spacial score (nSPS) is 11.2. The summed E-state index contributed by atoms with van der Waals surface area (Å²) in [7, 11) is -3.74. The average molecular weight is 264 g/mol. The number of anilines is 2. The first-order chi connectivity index (χ1) is 8.49. The van der Waals surface area contributed by atoms with Gasteiger partial charge in [0, 0.05) is 12.4 Å². The third-order valence-corrected chi connectivity index (χ3v) is 3.65. The lowest BCUT2D eigenvalue weighted by atomic mass is 10.3. The smallest absolute Gasteiger partial charge is 0.265 e. The van der Waals surface area contributed by atoms with Crippen LogP contribution in [-0.4, -0.2) is 18.4 Å². The lowest BCUT2D eigenvalue weighted by molar-refractivity contribution is 0.601. The van der Waals surface area contributed by atoms with Crippen LogP contribution in [0, 0.1) is 6.92 Å². The Kier molecular flexibility index (Phi) is 3.15. The van der Waals surface area contributed by atoms with Crippen LogP contribution in [-0.2, 0) is 10.0 Å². The molecule has 0 saturated carbocycles. The monoisotopic (exact) mass is 264 g/mol. The molecule has 0 aliphatic rings. The van der Waals surface area contributed by atoms with Crippen molar-refractivity contribution in [3.63, 3.8) is 0 Å². The van der Waals surface area contributed by atoms with Gasteiger partial charge in [-0.3, -0.25) is 9.71 Å². The topological polar surface area (TPSA) is 98.0 Å². The molecule has 0 aliphatic carbocycles. The molecule has 0 aliphatic heterocycles. The minimum atomic E-state index is -3.74. The van der Waals surface area contributed by atoms with Crippen molar-refractivity contribution in [1.82, 2.24) is 9.97 Å². The van der Waals surface area contributed by atoms with Crippen molar-refractivity contribution >= 4 is 21.5 Å². The summed E-state index contributed by atoms with van der Waals surface area (Å²) < 4.78 is 26.6. The van der Waals surface area contributed by atoms with Crippen LogP contribution in [0.25, 0.3) is 0 Å². The van der Waals surface area contributed by atoms with Gasteiger partial charge in [0.1, 0.15) is 10.7 Å². The second-order valence-electron chi connectivity index (χ2n) is 3.74. The molecule has 6 nitrogen and oxygen atoms in total. The van der Waals surface area contributed by atoms with E-state index >= 15 is 0 Å². The van der Waals surface area contributed by atoms with Gasteiger partial charge in [-0.05, 0) is 30.7 Å². The van der Waals surface area contributed by atoms with Crippen LogP contribution in [0.5, 0.6) is 0 Å². The number of hydrogen-bond donors (Lipinski definition) is 2. The molecule has 0 atom stereocenters. The van der Waals surface area contributed by atoms with Gasteiger partial charge in [0.05, 0.1) is 11.9 Å². The molecule has 18 heavy (non-hydrogen) atoms. The molecule has 2 aromatic heterocycles. The number of nitrogens with zero attached hydrogens (tertiary/aromatic N) is 2. The van der Waals surface area contributed by atoms with Crippen molar-refractivity contribution in [3.05, 3.63) is 42.4 Å². The number of aryl methyl sites for hydroxylation is 1. The van der Waals surface area contributed by atoms with Gasteiger partial charge < -0.3 is 5.73 Å². The van der Waals surface area contributed by atoms with Crippen LogP contribution in [0.2, 0.25) is 0 Å². The summed E-state index contributed by atoms with van der Waals surface area (Å²) in [6.07, 6.45) is 4.50. The number of sulfonamides is 1. The number of pyridine rings is 2. The van der Waals surface area contributed by atoms with E-state index in [0.717, 1.165) is 5.56 Å². The van der Waals surface area contributed by atoms with Gasteiger partial charge in [0.2, 0.25) is 0 Å². The highest BCUT2D eigenvalue weighted by atomic mass is 32.2. The number of hydrogen-bond acceptors (Lipinski definition) is 5. The van der Waals surface area contributed by atoms with Crippen LogP contribution < -0.4 is 10.5 Å². The lowest BCUT2D eigenvalue weighted by Crippen LogP contribution is -2.15. The average Bonchev–Trinajstić information content (AvgIpc) is 2.28. The van der Waals surface area contributed by atoms with E-state index in [1.54, 1.807) is 12.3 Å². The first kappa shape index (κ1) is 12.3. The van der Waals surface area contributed by atoms with Gasteiger partial charge in [-0.25, -0.2) is 13.4 Å². The third kappa shape index (κ3) is 2.57. The quantitative estimate of drug-likeness (QED) is 0.867. The fraction of sp³-hybridized carbons (Fsp3) is 0.0909. The van der Waals surface area contributed by atoms with E-state index in [0.29, 0.717) is 5.69 Å². The fourth-order valence-corrected chi connectivity index (χ4v) is 2.57. The minimum absolute atomic E-state index is 0.0365. The Morgan fingerprint density at radius 1 is 1.33 bits per heavy atom. The van der Waals surface area contributed by atoms with E-state index in [1.165, 1.54) is 24.5 Å². The molecule has 0 unspecified atom stereocenters. The Morgan fingerprint density at radius 2 is 2.11 bits per heavy atom. The summed E-state index contributed by atoms with van der Waals surface area (Å²) in [5.41, 5.74) is 6.79. The van der Waals surface area contributed by atoms with Crippen molar-refractivity contribution in [2.75, 3.05) is 10.5 Å². The van der Waals surface area contributed by atoms with Gasteiger partial charge >= 0.3 is 0 Å². The molecule has 0 bridgehead atoms. The number of nitrogens with one attached hydrogen (secondary N) is 1. The molecule has 0 aromatic carbocycles. The summed E-state index contributed by atoms with van der Waals surface area (Å²) in [6.45, 7) is 1.82. The van der Waals surface area contributed by atoms with Crippen LogP contribution in [0.15, 0.2) is 41.7 Å². The van der Waals surface area contributed by atoms with Crippen molar-refractivity contribution in [2.24, 2.45) is 0 Å². The van der Waals surface area contributed by atoms with Gasteiger partial charge in [-0.15, -0.1) is 0 Å². The Hall–Kier alpha value is -2.15. The van der Waals surface area contributed by atoms with E-state index in [4.69, 9.17) is 5.73 Å². The highest BCUT2D eigenvalue weighted by Crippen LogP contribution is 2.19. The molecular formula is C11H12N4O2S. The van der Waals surface area contributed by atoms with E-state index in [1.807, 2.05) is 6.92 Å². The number of rotatable bonds is 3. The summed E-state index contributed by atoms with van der Waals surface area (Å²) in [6, 6.07) is 4.59. The maximum Gasteiger partial charge on any atom is 0.265 e. The molecule has 7 heteroatoms. The number of nitrogen functional groups attached to an aromatic ring is 1. The van der Waals surface area contributed by atoms with Gasteiger partial charge in [0.15, 0.2) is 0 Å². The molecule has 0 spiro atoms. The summed E-state index contributed by atoms with van der Waals surface area (Å²) >= 11 is 0. The summed E-state index contributed by atoms with van der Waals surface area (Å²) in [5.74, 6) is -0.0365. The Labute approximate surface area is 105 Å². The predicted octanol–water partition coefficient (Wildman–Crippen LogP) is 1.17. The second kappa shape index (κ2) is 4.61. The lowest BCUT2D eigenvalue weighted by Gasteiger charge is -2.09. The maximum atomic E-state index is 12.1. The zero-order valence-electron chi connectivity index (χ0n) is 9.66. The summed E-state index contributed by atoms with van der Waals surface area (Å²) in [4.78, 5) is 7.61. The Morgan fingerprint density at radius 3 is 2.78 bits per heavy atom. The van der Waals surface area contributed by atoms with Gasteiger partial charge in [-0.1, -0.05) is 0 Å². The molecule has 94 valence electrons. The van der Waals surface area contributed by atoms with Crippen molar-refractivity contribution in [2.45, 2.75) is 11.8 Å². The van der Waals surface area contributed by atoms with E-state index < -0.39 is 10.0 Å². The molecule has 0 fully saturated rings. The third-order valence-electron chi connectivity index (χ3n) is 2.22. The predicted molar refractivity (Wildman–Crippen MR) is 68.4 cm³/mol. The molecule has 0 saturated heterocycles. The van der Waals surface area contributed by atoms with Crippen LogP contribution in [0.1, 0.15) is 5.56 Å². The van der Waals surface area contributed by atoms with E-state index in [2.05, 4.69) is 14.7 Å². The van der Waals surface area contributed by atoms with Crippen molar-refractivity contribution < 1.29 is 8.42 Å².